The Balaban J connectivity index is 1.86. The van der Waals surface area contributed by atoms with Crippen LogP contribution in [0.5, 0.6) is 0 Å². The molecule has 7 nitrogen and oxygen atoms in total. The number of aromatic nitrogens is 1. The third-order valence-electron chi connectivity index (χ3n) is 5.15. The van der Waals surface area contributed by atoms with Crippen molar-refractivity contribution >= 4 is 15.7 Å². The van der Waals surface area contributed by atoms with Gasteiger partial charge in [-0.25, -0.2) is 8.42 Å². The van der Waals surface area contributed by atoms with Crippen LogP contribution in [0.2, 0.25) is 0 Å². The third kappa shape index (κ3) is 5.80. The summed E-state index contributed by atoms with van der Waals surface area (Å²) in [6, 6.07) is 18.9. The van der Waals surface area contributed by atoms with Gasteiger partial charge in [-0.15, -0.1) is 0 Å². The van der Waals surface area contributed by atoms with Gasteiger partial charge < -0.3 is 4.57 Å². The molecule has 0 aliphatic heterocycles. The van der Waals surface area contributed by atoms with E-state index < -0.39 is 14.9 Å². The third-order valence-corrected chi connectivity index (χ3v) is 7.01. The fourth-order valence-corrected chi connectivity index (χ4v) is 4.87. The smallest absolute Gasteiger partial charge is 0.269 e. The molecule has 0 atom stereocenters. The van der Waals surface area contributed by atoms with Crippen molar-refractivity contribution in [2.24, 2.45) is 0 Å². The van der Waals surface area contributed by atoms with Crippen LogP contribution in [0.1, 0.15) is 37.4 Å². The van der Waals surface area contributed by atoms with Crippen molar-refractivity contribution in [1.82, 2.24) is 8.87 Å². The lowest BCUT2D eigenvalue weighted by Crippen LogP contribution is -2.32. The number of non-ortho nitro benzene ring substituents is 1. The van der Waals surface area contributed by atoms with E-state index in [2.05, 4.69) is 6.92 Å². The number of nitro groups is 1. The first kappa shape index (κ1) is 22.7. The van der Waals surface area contributed by atoms with Crippen molar-refractivity contribution in [1.29, 1.82) is 0 Å². The Bertz CT molecular complexity index is 1090. The van der Waals surface area contributed by atoms with Gasteiger partial charge in [0, 0.05) is 37.1 Å². The van der Waals surface area contributed by atoms with E-state index in [1.165, 1.54) is 28.6 Å². The van der Waals surface area contributed by atoms with Crippen LogP contribution in [0.25, 0.3) is 0 Å². The number of rotatable bonds is 11. The van der Waals surface area contributed by atoms with Crippen molar-refractivity contribution in [3.8, 4) is 0 Å². The van der Waals surface area contributed by atoms with Gasteiger partial charge in [0.05, 0.1) is 16.4 Å². The predicted octanol–water partition coefficient (Wildman–Crippen LogP) is 4.83. The Morgan fingerprint density at radius 3 is 2.32 bits per heavy atom. The van der Waals surface area contributed by atoms with Crippen molar-refractivity contribution in [2.45, 2.75) is 44.2 Å². The van der Waals surface area contributed by atoms with E-state index in [9.17, 15) is 18.5 Å². The maximum Gasteiger partial charge on any atom is 0.269 e. The van der Waals surface area contributed by atoms with Crippen LogP contribution in [0.15, 0.2) is 77.8 Å². The van der Waals surface area contributed by atoms with E-state index in [4.69, 9.17) is 0 Å². The zero-order valence-corrected chi connectivity index (χ0v) is 18.4. The van der Waals surface area contributed by atoms with E-state index in [0.29, 0.717) is 13.1 Å². The largest absolute Gasteiger partial charge is 0.346 e. The lowest BCUT2D eigenvalue weighted by atomic mass is 10.2. The van der Waals surface area contributed by atoms with Gasteiger partial charge in [0.15, 0.2) is 0 Å². The molecule has 0 amide bonds. The minimum Gasteiger partial charge on any atom is -0.346 e. The maximum absolute atomic E-state index is 13.4. The number of hydrogen-bond acceptors (Lipinski definition) is 4. The SMILES string of the molecule is CCCCCN(Cc1cccn1Cc1ccccc1)S(=O)(=O)c1ccc([N+](=O)[O-])cc1. The van der Waals surface area contributed by atoms with Gasteiger partial charge >= 0.3 is 0 Å². The molecule has 0 aliphatic rings. The predicted molar refractivity (Wildman–Crippen MR) is 120 cm³/mol. The van der Waals surface area contributed by atoms with Crippen LogP contribution in [0.4, 0.5) is 5.69 Å². The fourth-order valence-electron chi connectivity index (χ4n) is 3.42. The molecular weight excluding hydrogens is 414 g/mol. The molecule has 1 heterocycles. The molecule has 0 unspecified atom stereocenters. The molecule has 1 aromatic heterocycles. The highest BCUT2D eigenvalue weighted by atomic mass is 32.2. The Morgan fingerprint density at radius 1 is 0.968 bits per heavy atom. The summed E-state index contributed by atoms with van der Waals surface area (Å²) in [4.78, 5) is 10.4. The Kier molecular flexibility index (Phi) is 7.59. The normalized spacial score (nSPS) is 11.7. The average Bonchev–Trinajstić information content (AvgIpc) is 3.20. The fraction of sp³-hybridized carbons (Fsp3) is 0.304. The standard InChI is InChI=1S/C23H27N3O4S/c1-2-3-7-17-25(31(29,30)23-14-12-21(13-15-23)26(27)28)19-22-11-8-16-24(22)18-20-9-5-4-6-10-20/h4-6,8-16H,2-3,7,17-19H2,1H3. The van der Waals surface area contributed by atoms with Gasteiger partial charge in [-0.05, 0) is 36.2 Å². The van der Waals surface area contributed by atoms with Crippen LogP contribution >= 0.6 is 0 Å². The minimum absolute atomic E-state index is 0.0655. The number of nitro benzene ring substituents is 1. The first-order valence-corrected chi connectivity index (χ1v) is 11.8. The molecular formula is C23H27N3O4S. The van der Waals surface area contributed by atoms with Gasteiger partial charge in [0.25, 0.3) is 5.69 Å². The second-order valence-electron chi connectivity index (χ2n) is 7.41. The van der Waals surface area contributed by atoms with Crippen molar-refractivity contribution in [2.75, 3.05) is 6.54 Å². The summed E-state index contributed by atoms with van der Waals surface area (Å²) in [6.45, 7) is 3.36. The van der Waals surface area contributed by atoms with E-state index in [-0.39, 0.29) is 17.1 Å². The van der Waals surface area contributed by atoms with Crippen molar-refractivity contribution < 1.29 is 13.3 Å². The molecule has 0 bridgehead atoms. The molecule has 0 fully saturated rings. The average molecular weight is 442 g/mol. The van der Waals surface area contributed by atoms with Gasteiger partial charge in [0.1, 0.15) is 0 Å². The summed E-state index contributed by atoms with van der Waals surface area (Å²) in [5.41, 5.74) is 1.90. The molecule has 0 saturated carbocycles. The molecule has 0 radical (unpaired) electrons. The zero-order chi connectivity index (χ0) is 22.3. The molecule has 0 spiro atoms. The summed E-state index contributed by atoms with van der Waals surface area (Å²) >= 11 is 0. The number of unbranched alkanes of at least 4 members (excludes halogenated alkanes) is 2. The van der Waals surface area contributed by atoms with Crippen LogP contribution < -0.4 is 0 Å². The Hall–Kier alpha value is -2.97. The molecule has 0 aliphatic carbocycles. The highest BCUT2D eigenvalue weighted by molar-refractivity contribution is 7.89. The molecule has 2 aromatic carbocycles. The summed E-state index contributed by atoms with van der Waals surface area (Å²) < 4.78 is 30.2. The van der Waals surface area contributed by atoms with Gasteiger partial charge in [-0.3, -0.25) is 10.1 Å². The number of benzene rings is 2. The maximum atomic E-state index is 13.4. The highest BCUT2D eigenvalue weighted by Gasteiger charge is 2.26. The highest BCUT2D eigenvalue weighted by Crippen LogP contribution is 2.22. The van der Waals surface area contributed by atoms with E-state index >= 15 is 0 Å². The van der Waals surface area contributed by atoms with E-state index in [0.717, 1.165) is 30.5 Å². The number of hydrogen-bond donors (Lipinski definition) is 0. The summed E-state index contributed by atoms with van der Waals surface area (Å²) in [5.74, 6) is 0. The first-order chi connectivity index (χ1) is 14.9. The van der Waals surface area contributed by atoms with Crippen LogP contribution in [0, 0.1) is 10.1 Å². The topological polar surface area (TPSA) is 85.5 Å². The summed E-state index contributed by atoms with van der Waals surface area (Å²) in [6.07, 6.45) is 4.61. The van der Waals surface area contributed by atoms with Crippen LogP contribution in [0.3, 0.4) is 0 Å². The molecule has 3 aromatic rings. The quantitative estimate of drug-likeness (QED) is 0.242. The molecule has 0 N–H and O–H groups in total. The summed E-state index contributed by atoms with van der Waals surface area (Å²) in [7, 11) is -3.79. The molecule has 8 heteroatoms. The van der Waals surface area contributed by atoms with Gasteiger partial charge in [-0.2, -0.15) is 4.31 Å². The number of sulfonamides is 1. The summed E-state index contributed by atoms with van der Waals surface area (Å²) in [5, 5.41) is 10.9. The van der Waals surface area contributed by atoms with Gasteiger partial charge in [-0.1, -0.05) is 50.1 Å². The molecule has 31 heavy (non-hydrogen) atoms. The first-order valence-electron chi connectivity index (χ1n) is 10.3. The molecule has 3 rings (SSSR count). The van der Waals surface area contributed by atoms with Crippen LogP contribution in [-0.2, 0) is 23.1 Å². The number of nitrogens with zero attached hydrogens (tertiary/aromatic N) is 3. The van der Waals surface area contributed by atoms with Crippen molar-refractivity contribution in [3.63, 3.8) is 0 Å². The zero-order valence-electron chi connectivity index (χ0n) is 17.6. The Morgan fingerprint density at radius 2 is 1.68 bits per heavy atom. The van der Waals surface area contributed by atoms with Gasteiger partial charge in [0.2, 0.25) is 10.0 Å². The molecule has 0 saturated heterocycles. The monoisotopic (exact) mass is 441 g/mol. The molecule has 164 valence electrons. The second-order valence-corrected chi connectivity index (χ2v) is 9.35. The minimum atomic E-state index is -3.79. The lowest BCUT2D eigenvalue weighted by Gasteiger charge is -2.23. The van der Waals surface area contributed by atoms with E-state index in [1.807, 2.05) is 53.2 Å². The van der Waals surface area contributed by atoms with Crippen LogP contribution in [-0.4, -0.2) is 28.8 Å². The lowest BCUT2D eigenvalue weighted by molar-refractivity contribution is -0.384. The Labute approximate surface area is 183 Å². The van der Waals surface area contributed by atoms with Crippen molar-refractivity contribution in [3.05, 3.63) is 94.3 Å². The van der Waals surface area contributed by atoms with E-state index in [1.54, 1.807) is 0 Å². The second kappa shape index (κ2) is 10.4.